The van der Waals surface area contributed by atoms with Crippen molar-refractivity contribution in [2.45, 2.75) is 52.6 Å². The van der Waals surface area contributed by atoms with Crippen LogP contribution in [0.15, 0.2) is 11.4 Å². The van der Waals surface area contributed by atoms with E-state index < -0.39 is 0 Å². The van der Waals surface area contributed by atoms with Crippen LogP contribution in [-0.4, -0.2) is 38.2 Å². The quantitative estimate of drug-likeness (QED) is 0.874. The molecule has 3 heterocycles. The number of piperidine rings is 1. The van der Waals surface area contributed by atoms with Crippen molar-refractivity contribution >= 4 is 17.2 Å². The van der Waals surface area contributed by atoms with E-state index in [1.54, 1.807) is 0 Å². The number of rotatable bonds is 3. The number of likely N-dealkylation sites (tertiary alicyclic amines) is 1. The minimum absolute atomic E-state index is 0.0654. The van der Waals surface area contributed by atoms with Gasteiger partial charge in [0.25, 0.3) is 5.91 Å². The van der Waals surface area contributed by atoms with Crippen LogP contribution in [0, 0.1) is 20.8 Å². The van der Waals surface area contributed by atoms with Crippen molar-refractivity contribution in [3.8, 4) is 0 Å². The summed E-state index contributed by atoms with van der Waals surface area (Å²) in [6, 6.07) is 2.29. The summed E-state index contributed by atoms with van der Waals surface area (Å²) in [5.41, 5.74) is 2.77. The zero-order chi connectivity index (χ0) is 15.7. The molecule has 2 aromatic rings. The Kier molecular flexibility index (Phi) is 4.29. The number of nitrogens with zero attached hydrogens (tertiary/aromatic N) is 4. The highest BCUT2D eigenvalue weighted by Gasteiger charge is 2.29. The second kappa shape index (κ2) is 6.20. The van der Waals surface area contributed by atoms with Crippen LogP contribution in [0.1, 0.15) is 46.1 Å². The van der Waals surface area contributed by atoms with Gasteiger partial charge in [-0.05, 0) is 46.1 Å². The molecule has 1 amide bonds. The normalized spacial score (nSPS) is 18.7. The van der Waals surface area contributed by atoms with Crippen molar-refractivity contribution in [2.75, 3.05) is 6.54 Å². The molecule has 0 unspecified atom stereocenters. The summed E-state index contributed by atoms with van der Waals surface area (Å²) >= 11 is 1.53. The molecule has 1 atom stereocenters. The van der Waals surface area contributed by atoms with Crippen molar-refractivity contribution < 1.29 is 4.79 Å². The fourth-order valence-electron chi connectivity index (χ4n) is 3.13. The molecule has 0 aliphatic carbocycles. The molecule has 1 fully saturated rings. The lowest BCUT2D eigenvalue weighted by Crippen LogP contribution is -2.46. The SMILES string of the molecule is Cc1cc(C)n(C[C@H]2CCCCN2C(=O)c2csc(C)n2)n1. The van der Waals surface area contributed by atoms with Crippen LogP contribution >= 0.6 is 11.3 Å². The minimum Gasteiger partial charge on any atom is -0.332 e. The first-order valence-electron chi connectivity index (χ1n) is 7.79. The summed E-state index contributed by atoms with van der Waals surface area (Å²) in [6.07, 6.45) is 3.28. The average molecular weight is 318 g/mol. The summed E-state index contributed by atoms with van der Waals surface area (Å²) in [4.78, 5) is 19.1. The Balaban J connectivity index is 1.79. The number of aryl methyl sites for hydroxylation is 3. The lowest BCUT2D eigenvalue weighted by molar-refractivity contribution is 0.0577. The van der Waals surface area contributed by atoms with Crippen molar-refractivity contribution in [3.05, 3.63) is 33.5 Å². The van der Waals surface area contributed by atoms with Crippen LogP contribution in [0.4, 0.5) is 0 Å². The predicted octanol–water partition coefficient (Wildman–Crippen LogP) is 2.96. The molecule has 2 aromatic heterocycles. The second-order valence-electron chi connectivity index (χ2n) is 6.01. The van der Waals surface area contributed by atoms with Crippen LogP contribution in [0.2, 0.25) is 0 Å². The Morgan fingerprint density at radius 2 is 2.18 bits per heavy atom. The molecule has 0 radical (unpaired) electrons. The van der Waals surface area contributed by atoms with Crippen molar-refractivity contribution in [2.24, 2.45) is 0 Å². The third-order valence-electron chi connectivity index (χ3n) is 4.21. The first kappa shape index (κ1) is 15.2. The zero-order valence-corrected chi connectivity index (χ0v) is 14.2. The van der Waals surface area contributed by atoms with E-state index in [-0.39, 0.29) is 11.9 Å². The molecule has 5 nitrogen and oxygen atoms in total. The first-order valence-corrected chi connectivity index (χ1v) is 8.66. The molecule has 22 heavy (non-hydrogen) atoms. The third-order valence-corrected chi connectivity index (χ3v) is 4.99. The summed E-state index contributed by atoms with van der Waals surface area (Å²) in [5.74, 6) is 0.0654. The van der Waals surface area contributed by atoms with Crippen LogP contribution in [-0.2, 0) is 6.54 Å². The molecule has 118 valence electrons. The Morgan fingerprint density at radius 1 is 1.36 bits per heavy atom. The van der Waals surface area contributed by atoms with Gasteiger partial charge in [0.05, 0.1) is 23.3 Å². The van der Waals surface area contributed by atoms with E-state index in [1.165, 1.54) is 17.8 Å². The van der Waals surface area contributed by atoms with Gasteiger partial charge in [0, 0.05) is 17.6 Å². The molecule has 0 bridgehead atoms. The topological polar surface area (TPSA) is 51.0 Å². The van der Waals surface area contributed by atoms with Crippen molar-refractivity contribution in [1.29, 1.82) is 0 Å². The van der Waals surface area contributed by atoms with Gasteiger partial charge >= 0.3 is 0 Å². The van der Waals surface area contributed by atoms with Crippen molar-refractivity contribution in [1.82, 2.24) is 19.7 Å². The number of carbonyl (C=O) groups excluding carboxylic acids is 1. The Labute approximate surface area is 135 Å². The Bertz CT molecular complexity index is 675. The largest absolute Gasteiger partial charge is 0.332 e. The summed E-state index contributed by atoms with van der Waals surface area (Å²) in [7, 11) is 0. The molecular formula is C16H22N4OS. The molecule has 0 N–H and O–H groups in total. The molecule has 1 aliphatic rings. The molecule has 0 saturated carbocycles. The maximum atomic E-state index is 12.7. The summed E-state index contributed by atoms with van der Waals surface area (Å²) in [5, 5.41) is 7.35. The summed E-state index contributed by atoms with van der Waals surface area (Å²) < 4.78 is 2.03. The van der Waals surface area contributed by atoms with E-state index in [0.717, 1.165) is 42.3 Å². The van der Waals surface area contributed by atoms with Gasteiger partial charge in [-0.2, -0.15) is 5.10 Å². The van der Waals surface area contributed by atoms with E-state index in [4.69, 9.17) is 0 Å². The molecule has 0 spiro atoms. The van der Waals surface area contributed by atoms with Gasteiger partial charge in [-0.1, -0.05) is 0 Å². The Morgan fingerprint density at radius 3 is 2.82 bits per heavy atom. The molecule has 0 aromatic carbocycles. The average Bonchev–Trinajstić information content (AvgIpc) is 3.05. The van der Waals surface area contributed by atoms with Gasteiger partial charge in [0.2, 0.25) is 0 Å². The van der Waals surface area contributed by atoms with Gasteiger partial charge in [-0.25, -0.2) is 4.98 Å². The van der Waals surface area contributed by atoms with E-state index >= 15 is 0 Å². The Hall–Kier alpha value is -1.69. The first-order chi connectivity index (χ1) is 10.5. The number of aromatic nitrogens is 3. The highest BCUT2D eigenvalue weighted by atomic mass is 32.1. The maximum Gasteiger partial charge on any atom is 0.273 e. The van der Waals surface area contributed by atoms with Crippen LogP contribution in [0.5, 0.6) is 0 Å². The highest BCUT2D eigenvalue weighted by molar-refractivity contribution is 7.09. The van der Waals surface area contributed by atoms with Gasteiger partial charge in [-0.15, -0.1) is 11.3 Å². The van der Waals surface area contributed by atoms with Crippen LogP contribution < -0.4 is 0 Å². The summed E-state index contributed by atoms with van der Waals surface area (Å²) in [6.45, 7) is 7.60. The van der Waals surface area contributed by atoms with Crippen molar-refractivity contribution in [3.63, 3.8) is 0 Å². The molecule has 1 aliphatic heterocycles. The van der Waals surface area contributed by atoms with Gasteiger partial charge in [-0.3, -0.25) is 9.48 Å². The van der Waals surface area contributed by atoms with Gasteiger partial charge in [0.1, 0.15) is 5.69 Å². The van der Waals surface area contributed by atoms with E-state index in [0.29, 0.717) is 5.69 Å². The fraction of sp³-hybridized carbons (Fsp3) is 0.562. The lowest BCUT2D eigenvalue weighted by Gasteiger charge is -2.35. The second-order valence-corrected chi connectivity index (χ2v) is 7.07. The third kappa shape index (κ3) is 3.06. The van der Waals surface area contributed by atoms with E-state index in [9.17, 15) is 4.79 Å². The molecule has 1 saturated heterocycles. The minimum atomic E-state index is 0.0654. The van der Waals surface area contributed by atoms with E-state index in [1.807, 2.05) is 28.8 Å². The number of hydrogen-bond donors (Lipinski definition) is 0. The fourth-order valence-corrected chi connectivity index (χ4v) is 3.71. The smallest absolute Gasteiger partial charge is 0.273 e. The maximum absolute atomic E-state index is 12.7. The predicted molar refractivity (Wildman–Crippen MR) is 87.2 cm³/mol. The molecule has 3 rings (SSSR count). The van der Waals surface area contributed by atoms with Gasteiger partial charge < -0.3 is 4.90 Å². The van der Waals surface area contributed by atoms with Crippen LogP contribution in [0.25, 0.3) is 0 Å². The lowest BCUT2D eigenvalue weighted by atomic mass is 10.0. The standard InChI is InChI=1S/C16H22N4OS/c1-11-8-12(2)20(18-11)9-14-6-4-5-7-19(14)16(21)15-10-22-13(3)17-15/h8,10,14H,4-7,9H2,1-3H3/t14-/m1/s1. The molecular weight excluding hydrogens is 296 g/mol. The van der Waals surface area contributed by atoms with Gasteiger partial charge in [0.15, 0.2) is 0 Å². The molecule has 6 heteroatoms. The highest BCUT2D eigenvalue weighted by Crippen LogP contribution is 2.22. The number of carbonyl (C=O) groups is 1. The van der Waals surface area contributed by atoms with E-state index in [2.05, 4.69) is 23.1 Å². The van der Waals surface area contributed by atoms with Crippen LogP contribution in [0.3, 0.4) is 0 Å². The zero-order valence-electron chi connectivity index (χ0n) is 13.4. The number of hydrogen-bond acceptors (Lipinski definition) is 4. The number of thiazole rings is 1. The monoisotopic (exact) mass is 318 g/mol. The number of amides is 1.